The Labute approximate surface area is 115 Å². The number of aryl methyl sites for hydroxylation is 1. The molecule has 0 bridgehead atoms. The Hall–Kier alpha value is -1.65. The van der Waals surface area contributed by atoms with Gasteiger partial charge in [-0.25, -0.2) is 0 Å². The van der Waals surface area contributed by atoms with Crippen LogP contribution < -0.4 is 4.74 Å². The SMILES string of the molecule is CC(C)(C)CCc1c[nH]c2c(OC(F)(F)F)cccc12. The van der Waals surface area contributed by atoms with Crippen molar-refractivity contribution in [2.45, 2.75) is 40.0 Å². The number of alkyl halides is 3. The number of hydrogen-bond donors (Lipinski definition) is 1. The maximum Gasteiger partial charge on any atom is 0.573 e. The first kappa shape index (κ1) is 14.8. The smallest absolute Gasteiger partial charge is 0.404 e. The molecule has 0 saturated heterocycles. The standard InChI is InChI=1S/C15H18F3NO/c1-14(2,3)8-7-10-9-19-13-11(10)5-4-6-12(13)20-15(16,17)18/h4-6,9,19H,7-8H2,1-3H3. The van der Waals surface area contributed by atoms with Crippen LogP contribution in [-0.4, -0.2) is 11.3 Å². The lowest BCUT2D eigenvalue weighted by atomic mass is 9.88. The van der Waals surface area contributed by atoms with E-state index in [1.54, 1.807) is 12.3 Å². The number of fused-ring (bicyclic) bond motifs is 1. The molecule has 0 spiro atoms. The maximum atomic E-state index is 12.3. The van der Waals surface area contributed by atoms with Crippen molar-refractivity contribution < 1.29 is 17.9 Å². The number of para-hydroxylation sites is 1. The summed E-state index contributed by atoms with van der Waals surface area (Å²) in [6.45, 7) is 6.42. The lowest BCUT2D eigenvalue weighted by molar-refractivity contribution is -0.274. The molecule has 0 saturated carbocycles. The van der Waals surface area contributed by atoms with Gasteiger partial charge in [0.2, 0.25) is 0 Å². The Morgan fingerprint density at radius 1 is 1.15 bits per heavy atom. The van der Waals surface area contributed by atoms with Crippen LogP contribution in [0, 0.1) is 5.41 Å². The van der Waals surface area contributed by atoms with Gasteiger partial charge in [-0.05, 0) is 29.9 Å². The highest BCUT2D eigenvalue weighted by molar-refractivity contribution is 5.88. The normalized spacial score (nSPS) is 12.9. The molecule has 1 heterocycles. The molecule has 20 heavy (non-hydrogen) atoms. The van der Waals surface area contributed by atoms with Gasteiger partial charge in [-0.15, -0.1) is 13.2 Å². The van der Waals surface area contributed by atoms with E-state index in [2.05, 4.69) is 30.5 Å². The molecule has 0 aliphatic carbocycles. The van der Waals surface area contributed by atoms with Crippen LogP contribution in [0.1, 0.15) is 32.8 Å². The second kappa shape index (κ2) is 5.04. The molecule has 0 fully saturated rings. The number of H-pyrrole nitrogens is 1. The minimum Gasteiger partial charge on any atom is -0.404 e. The number of aromatic nitrogens is 1. The van der Waals surface area contributed by atoms with Crippen LogP contribution in [0.4, 0.5) is 13.2 Å². The van der Waals surface area contributed by atoms with Crippen molar-refractivity contribution in [2.75, 3.05) is 0 Å². The van der Waals surface area contributed by atoms with Crippen molar-refractivity contribution in [3.05, 3.63) is 30.0 Å². The third-order valence-corrected chi connectivity index (χ3v) is 3.13. The molecule has 0 unspecified atom stereocenters. The lowest BCUT2D eigenvalue weighted by Gasteiger charge is -2.17. The van der Waals surface area contributed by atoms with Gasteiger partial charge in [0.05, 0.1) is 5.52 Å². The van der Waals surface area contributed by atoms with Crippen LogP contribution in [0.3, 0.4) is 0 Å². The van der Waals surface area contributed by atoms with E-state index in [0.717, 1.165) is 23.8 Å². The summed E-state index contributed by atoms with van der Waals surface area (Å²) in [5.74, 6) is -0.183. The quantitative estimate of drug-likeness (QED) is 0.839. The van der Waals surface area contributed by atoms with Crippen molar-refractivity contribution in [3.63, 3.8) is 0 Å². The van der Waals surface area contributed by atoms with Crippen LogP contribution >= 0.6 is 0 Å². The molecule has 0 aliphatic rings. The number of rotatable bonds is 3. The second-order valence-electron chi connectivity index (χ2n) is 6.10. The fraction of sp³-hybridized carbons (Fsp3) is 0.467. The van der Waals surface area contributed by atoms with E-state index in [4.69, 9.17) is 0 Å². The third-order valence-electron chi connectivity index (χ3n) is 3.13. The number of ether oxygens (including phenoxy) is 1. The molecule has 1 aromatic carbocycles. The van der Waals surface area contributed by atoms with Gasteiger partial charge in [0.25, 0.3) is 0 Å². The summed E-state index contributed by atoms with van der Waals surface area (Å²) in [5, 5.41) is 0.788. The molecule has 0 radical (unpaired) electrons. The highest BCUT2D eigenvalue weighted by Crippen LogP contribution is 2.32. The Kier molecular flexibility index (Phi) is 3.71. The fourth-order valence-corrected chi connectivity index (χ4v) is 2.11. The summed E-state index contributed by atoms with van der Waals surface area (Å²) in [6.07, 6.45) is -1.13. The lowest BCUT2D eigenvalue weighted by Crippen LogP contribution is -2.17. The largest absolute Gasteiger partial charge is 0.573 e. The molecule has 0 amide bonds. The summed E-state index contributed by atoms with van der Waals surface area (Å²) in [7, 11) is 0. The van der Waals surface area contributed by atoms with Gasteiger partial charge in [-0.2, -0.15) is 0 Å². The van der Waals surface area contributed by atoms with Gasteiger partial charge in [-0.3, -0.25) is 0 Å². The highest BCUT2D eigenvalue weighted by Gasteiger charge is 2.32. The van der Waals surface area contributed by atoms with Crippen molar-refractivity contribution in [2.24, 2.45) is 5.41 Å². The van der Waals surface area contributed by atoms with E-state index in [1.807, 2.05) is 6.07 Å². The van der Waals surface area contributed by atoms with Crippen LogP contribution in [-0.2, 0) is 6.42 Å². The molecule has 2 nitrogen and oxygen atoms in total. The van der Waals surface area contributed by atoms with E-state index < -0.39 is 6.36 Å². The molecule has 110 valence electrons. The van der Waals surface area contributed by atoms with Crippen molar-refractivity contribution >= 4 is 10.9 Å². The van der Waals surface area contributed by atoms with Crippen LogP contribution in [0.2, 0.25) is 0 Å². The number of nitrogens with one attached hydrogen (secondary N) is 1. The van der Waals surface area contributed by atoms with Gasteiger partial charge in [0.15, 0.2) is 5.75 Å². The van der Waals surface area contributed by atoms with E-state index in [-0.39, 0.29) is 11.2 Å². The minimum atomic E-state index is -4.68. The predicted octanol–water partition coefficient (Wildman–Crippen LogP) is 5.05. The van der Waals surface area contributed by atoms with Crippen LogP contribution in [0.5, 0.6) is 5.75 Å². The molecule has 2 rings (SSSR count). The number of benzene rings is 1. The van der Waals surface area contributed by atoms with Crippen molar-refractivity contribution in [1.29, 1.82) is 0 Å². The Morgan fingerprint density at radius 2 is 1.85 bits per heavy atom. The van der Waals surface area contributed by atoms with Gasteiger partial charge < -0.3 is 9.72 Å². The molecular formula is C15H18F3NO. The van der Waals surface area contributed by atoms with Gasteiger partial charge in [0, 0.05) is 11.6 Å². The van der Waals surface area contributed by atoms with Crippen molar-refractivity contribution in [1.82, 2.24) is 4.98 Å². The Morgan fingerprint density at radius 3 is 2.45 bits per heavy atom. The summed E-state index contributed by atoms with van der Waals surface area (Å²) in [5.41, 5.74) is 1.60. The molecule has 1 aromatic heterocycles. The first-order valence-electron chi connectivity index (χ1n) is 6.50. The van der Waals surface area contributed by atoms with E-state index in [9.17, 15) is 13.2 Å². The first-order chi connectivity index (χ1) is 9.16. The summed E-state index contributed by atoms with van der Waals surface area (Å²) < 4.78 is 41.1. The molecule has 0 aliphatic heterocycles. The van der Waals surface area contributed by atoms with Gasteiger partial charge in [0.1, 0.15) is 0 Å². The number of halogens is 3. The molecule has 0 atom stereocenters. The molecular weight excluding hydrogens is 267 g/mol. The van der Waals surface area contributed by atoms with E-state index in [1.165, 1.54) is 6.07 Å². The summed E-state index contributed by atoms with van der Waals surface area (Å²) >= 11 is 0. The monoisotopic (exact) mass is 285 g/mol. The van der Waals surface area contributed by atoms with Gasteiger partial charge in [-0.1, -0.05) is 32.9 Å². The maximum absolute atomic E-state index is 12.3. The highest BCUT2D eigenvalue weighted by atomic mass is 19.4. The average Bonchev–Trinajstić information content (AvgIpc) is 2.67. The van der Waals surface area contributed by atoms with E-state index >= 15 is 0 Å². The second-order valence-corrected chi connectivity index (χ2v) is 6.10. The van der Waals surface area contributed by atoms with Crippen LogP contribution in [0.15, 0.2) is 24.4 Å². The zero-order valence-corrected chi connectivity index (χ0v) is 11.8. The zero-order chi connectivity index (χ0) is 15.0. The van der Waals surface area contributed by atoms with Gasteiger partial charge >= 0.3 is 6.36 Å². The fourth-order valence-electron chi connectivity index (χ4n) is 2.11. The van der Waals surface area contributed by atoms with E-state index in [0.29, 0.717) is 5.52 Å². The molecule has 1 N–H and O–H groups in total. The topological polar surface area (TPSA) is 25.0 Å². The first-order valence-corrected chi connectivity index (χ1v) is 6.50. The Balaban J connectivity index is 2.30. The summed E-state index contributed by atoms with van der Waals surface area (Å²) in [6, 6.07) is 4.71. The summed E-state index contributed by atoms with van der Waals surface area (Å²) in [4.78, 5) is 2.89. The average molecular weight is 285 g/mol. The minimum absolute atomic E-state index is 0.183. The number of aromatic amines is 1. The predicted molar refractivity (Wildman–Crippen MR) is 72.8 cm³/mol. The van der Waals surface area contributed by atoms with Crippen LogP contribution in [0.25, 0.3) is 10.9 Å². The zero-order valence-electron chi connectivity index (χ0n) is 11.8. The molecule has 5 heteroatoms. The Bertz CT molecular complexity index is 593. The van der Waals surface area contributed by atoms with Crippen molar-refractivity contribution in [3.8, 4) is 5.75 Å². The molecule has 2 aromatic rings. The number of hydrogen-bond acceptors (Lipinski definition) is 1. The third kappa shape index (κ3) is 3.68.